The van der Waals surface area contributed by atoms with E-state index in [1.54, 1.807) is 0 Å². The van der Waals surface area contributed by atoms with Gasteiger partial charge in [-0.1, -0.05) is 36.4 Å². The average molecular weight is 547 g/mol. The lowest BCUT2D eigenvalue weighted by atomic mass is 10.1. The molecule has 3 aliphatic heterocycles. The van der Waals surface area contributed by atoms with Crippen molar-refractivity contribution in [3.8, 4) is 5.75 Å². The second-order valence-electron chi connectivity index (χ2n) is 10.6. The Morgan fingerprint density at radius 2 is 1.60 bits per heavy atom. The van der Waals surface area contributed by atoms with Gasteiger partial charge in [0.2, 0.25) is 6.41 Å². The highest BCUT2D eigenvalue weighted by Gasteiger charge is 2.34. The number of morpholine rings is 1. The fourth-order valence-electron chi connectivity index (χ4n) is 5.47. The van der Waals surface area contributed by atoms with Gasteiger partial charge in [0, 0.05) is 74.4 Å². The number of ether oxygens (including phenoxy) is 4. The molecule has 6 rings (SSSR count). The fraction of sp³-hybridized carbons (Fsp3) is 0.452. The molecule has 212 valence electrons. The molecule has 9 nitrogen and oxygen atoms in total. The maximum atomic E-state index is 13.1. The summed E-state index contributed by atoms with van der Waals surface area (Å²) in [4.78, 5) is 20.1. The van der Waals surface area contributed by atoms with E-state index in [9.17, 15) is 4.79 Å². The van der Waals surface area contributed by atoms with Crippen molar-refractivity contribution >= 4 is 22.4 Å². The molecular formula is C31H38N4O5. The summed E-state index contributed by atoms with van der Waals surface area (Å²) in [6.45, 7) is 11.4. The molecule has 0 unspecified atom stereocenters. The number of hydrogen-bond acceptors (Lipinski definition) is 8. The third-order valence-electron chi connectivity index (χ3n) is 7.84. The van der Waals surface area contributed by atoms with E-state index in [0.717, 1.165) is 87.8 Å². The van der Waals surface area contributed by atoms with E-state index >= 15 is 0 Å². The highest BCUT2D eigenvalue weighted by Crippen LogP contribution is 2.32. The molecule has 0 radical (unpaired) electrons. The first-order valence-corrected chi connectivity index (χ1v) is 14.2. The standard InChI is InChI=1S/C31H38N4O5/c1-23-39-31(40-23)35-14-12-33(13-15-35)18-21-38-29-11-10-28(26-4-2-3-5-27(26)29)32-30(36)25-8-6-24(7-9-25)22-34-16-19-37-20-17-34/h2-11,23,31H,12-22H2,1H3,(H,32,36). The molecule has 1 N–H and O–H groups in total. The molecular weight excluding hydrogens is 508 g/mol. The van der Waals surface area contributed by atoms with Crippen LogP contribution in [-0.4, -0.2) is 98.9 Å². The Bertz CT molecular complexity index is 1280. The first-order chi connectivity index (χ1) is 19.6. The van der Waals surface area contributed by atoms with Crippen LogP contribution >= 0.6 is 0 Å². The summed E-state index contributed by atoms with van der Waals surface area (Å²) in [5.74, 6) is 0.702. The quantitative estimate of drug-likeness (QED) is 0.437. The van der Waals surface area contributed by atoms with Crippen LogP contribution in [0.4, 0.5) is 5.69 Å². The molecule has 1 amide bonds. The molecule has 3 saturated heterocycles. The Morgan fingerprint density at radius 1 is 0.875 bits per heavy atom. The smallest absolute Gasteiger partial charge is 0.255 e. The van der Waals surface area contributed by atoms with Crippen LogP contribution in [0.3, 0.4) is 0 Å². The van der Waals surface area contributed by atoms with Gasteiger partial charge in [-0.15, -0.1) is 0 Å². The number of fused-ring (bicyclic) bond motifs is 1. The van der Waals surface area contributed by atoms with Gasteiger partial charge in [-0.2, -0.15) is 0 Å². The number of nitrogens with one attached hydrogen (secondary N) is 1. The third kappa shape index (κ3) is 6.46. The van der Waals surface area contributed by atoms with Crippen LogP contribution in [0, 0.1) is 0 Å². The highest BCUT2D eigenvalue weighted by molar-refractivity contribution is 6.10. The van der Waals surface area contributed by atoms with E-state index in [2.05, 4.69) is 20.0 Å². The van der Waals surface area contributed by atoms with Crippen molar-refractivity contribution in [1.82, 2.24) is 14.7 Å². The number of nitrogens with zero attached hydrogens (tertiary/aromatic N) is 3. The summed E-state index contributed by atoms with van der Waals surface area (Å²) < 4.78 is 22.9. The van der Waals surface area contributed by atoms with Gasteiger partial charge in [-0.25, -0.2) is 0 Å². The normalized spacial score (nSPS) is 22.6. The molecule has 3 aromatic carbocycles. The number of piperazine rings is 1. The lowest BCUT2D eigenvalue weighted by molar-refractivity contribution is -0.424. The molecule has 0 atom stereocenters. The summed E-state index contributed by atoms with van der Waals surface area (Å²) in [6, 6.07) is 19.8. The molecule has 0 aliphatic carbocycles. The molecule has 3 aliphatic rings. The number of carbonyl (C=O) groups is 1. The van der Waals surface area contributed by atoms with E-state index in [1.807, 2.05) is 67.6 Å². The zero-order valence-corrected chi connectivity index (χ0v) is 23.1. The molecule has 3 fully saturated rings. The maximum absolute atomic E-state index is 13.1. The van der Waals surface area contributed by atoms with Crippen molar-refractivity contribution in [3.63, 3.8) is 0 Å². The van der Waals surface area contributed by atoms with Crippen LogP contribution in [-0.2, 0) is 20.8 Å². The van der Waals surface area contributed by atoms with Crippen molar-refractivity contribution in [2.24, 2.45) is 0 Å². The molecule has 0 bridgehead atoms. The second kappa shape index (κ2) is 12.6. The number of amides is 1. The van der Waals surface area contributed by atoms with Crippen LogP contribution < -0.4 is 10.1 Å². The third-order valence-corrected chi connectivity index (χ3v) is 7.84. The molecule has 3 aromatic rings. The van der Waals surface area contributed by atoms with E-state index < -0.39 is 0 Å². The summed E-state index contributed by atoms with van der Waals surface area (Å²) in [5.41, 5.74) is 2.61. The van der Waals surface area contributed by atoms with E-state index in [4.69, 9.17) is 18.9 Å². The Morgan fingerprint density at radius 3 is 2.33 bits per heavy atom. The van der Waals surface area contributed by atoms with Gasteiger partial charge in [0.05, 0.1) is 13.2 Å². The summed E-state index contributed by atoms with van der Waals surface area (Å²) in [5, 5.41) is 5.05. The van der Waals surface area contributed by atoms with Crippen molar-refractivity contribution in [2.45, 2.75) is 26.2 Å². The van der Waals surface area contributed by atoms with Gasteiger partial charge in [-0.05, 0) is 36.8 Å². The summed E-state index contributed by atoms with van der Waals surface area (Å²) in [6.07, 6.45) is -0.276. The Labute approximate surface area is 235 Å². The largest absolute Gasteiger partial charge is 0.492 e. The molecule has 0 saturated carbocycles. The van der Waals surface area contributed by atoms with Crippen LogP contribution in [0.1, 0.15) is 22.8 Å². The topological polar surface area (TPSA) is 75.7 Å². The lowest BCUT2D eigenvalue weighted by Crippen LogP contribution is -2.57. The number of rotatable bonds is 9. The molecule has 40 heavy (non-hydrogen) atoms. The monoisotopic (exact) mass is 546 g/mol. The second-order valence-corrected chi connectivity index (χ2v) is 10.6. The van der Waals surface area contributed by atoms with Gasteiger partial charge < -0.3 is 24.3 Å². The number of carbonyl (C=O) groups excluding carboxylic acids is 1. The molecule has 3 heterocycles. The van der Waals surface area contributed by atoms with Crippen LogP contribution in [0.15, 0.2) is 60.7 Å². The molecule has 0 spiro atoms. The number of hydrogen-bond donors (Lipinski definition) is 1. The van der Waals surface area contributed by atoms with Crippen molar-refractivity contribution in [1.29, 1.82) is 0 Å². The zero-order chi connectivity index (χ0) is 27.3. The lowest BCUT2D eigenvalue weighted by Gasteiger charge is -2.44. The SMILES string of the molecule is CC1OC(N2CCN(CCOc3ccc(NC(=O)c4ccc(CN5CCOCC5)cc4)c4ccccc34)CC2)O1. The zero-order valence-electron chi connectivity index (χ0n) is 23.1. The van der Waals surface area contributed by atoms with Crippen LogP contribution in [0.5, 0.6) is 5.75 Å². The predicted molar refractivity (Wildman–Crippen MR) is 153 cm³/mol. The van der Waals surface area contributed by atoms with Gasteiger partial charge >= 0.3 is 0 Å². The minimum atomic E-state index is -0.182. The number of anilines is 1. The Balaban J connectivity index is 1.03. The van der Waals surface area contributed by atoms with E-state index in [1.165, 1.54) is 5.56 Å². The van der Waals surface area contributed by atoms with E-state index in [-0.39, 0.29) is 18.6 Å². The van der Waals surface area contributed by atoms with Crippen LogP contribution in [0.25, 0.3) is 10.8 Å². The molecule has 0 aromatic heterocycles. The summed E-state index contributed by atoms with van der Waals surface area (Å²) in [7, 11) is 0. The summed E-state index contributed by atoms with van der Waals surface area (Å²) >= 11 is 0. The van der Waals surface area contributed by atoms with Gasteiger partial charge in [-0.3, -0.25) is 19.5 Å². The first-order valence-electron chi connectivity index (χ1n) is 14.2. The Hall–Kier alpha value is -3.05. The van der Waals surface area contributed by atoms with Crippen molar-refractivity contribution < 1.29 is 23.7 Å². The average Bonchev–Trinajstić information content (AvgIpc) is 2.98. The van der Waals surface area contributed by atoms with Crippen molar-refractivity contribution in [2.75, 3.05) is 71.0 Å². The Kier molecular flexibility index (Phi) is 8.57. The van der Waals surface area contributed by atoms with Gasteiger partial charge in [0.15, 0.2) is 6.29 Å². The number of benzene rings is 3. The fourth-order valence-corrected chi connectivity index (χ4v) is 5.47. The predicted octanol–water partition coefficient (Wildman–Crippen LogP) is 3.60. The van der Waals surface area contributed by atoms with Crippen LogP contribution in [0.2, 0.25) is 0 Å². The highest BCUT2D eigenvalue weighted by atomic mass is 16.9. The van der Waals surface area contributed by atoms with Crippen molar-refractivity contribution in [3.05, 3.63) is 71.8 Å². The minimum Gasteiger partial charge on any atom is -0.492 e. The van der Waals surface area contributed by atoms with Gasteiger partial charge in [0.25, 0.3) is 5.91 Å². The van der Waals surface area contributed by atoms with E-state index in [0.29, 0.717) is 12.2 Å². The minimum absolute atomic E-state index is 0.0942. The van der Waals surface area contributed by atoms with Gasteiger partial charge in [0.1, 0.15) is 12.4 Å². The molecule has 9 heteroatoms. The maximum Gasteiger partial charge on any atom is 0.255 e. The first kappa shape index (κ1) is 27.1.